The third kappa shape index (κ3) is 9.28. The van der Waals surface area contributed by atoms with Gasteiger partial charge in [-0.25, -0.2) is 0 Å². The quantitative estimate of drug-likeness (QED) is 0.178. The van der Waals surface area contributed by atoms with Crippen LogP contribution in [0, 0.1) is 17.8 Å². The summed E-state index contributed by atoms with van der Waals surface area (Å²) < 4.78 is 1.35. The molecule has 1 heterocycles. The molecule has 2 nitrogen and oxygen atoms in total. The first-order valence-corrected chi connectivity index (χ1v) is 15.6. The summed E-state index contributed by atoms with van der Waals surface area (Å²) in [5.41, 5.74) is 10.7. The van der Waals surface area contributed by atoms with E-state index < -0.39 is 5.54 Å². The normalized spacial score (nSPS) is 27.9. The third-order valence-electron chi connectivity index (χ3n) is 7.65. The van der Waals surface area contributed by atoms with Crippen molar-refractivity contribution in [1.82, 2.24) is 0 Å². The Labute approximate surface area is 247 Å². The highest BCUT2D eigenvalue weighted by Crippen LogP contribution is 2.35. The summed E-state index contributed by atoms with van der Waals surface area (Å²) in [4.78, 5) is 6.01. The van der Waals surface area contributed by atoms with Crippen molar-refractivity contribution in [2.24, 2.45) is 28.5 Å². The molecule has 0 bridgehead atoms. The van der Waals surface area contributed by atoms with Gasteiger partial charge in [0, 0.05) is 34.7 Å². The second-order valence-corrected chi connectivity index (χ2v) is 12.3. The van der Waals surface area contributed by atoms with Crippen LogP contribution in [0.1, 0.15) is 59.3 Å². The van der Waals surface area contributed by atoms with E-state index in [0.717, 1.165) is 25.8 Å². The van der Waals surface area contributed by atoms with Gasteiger partial charge in [0.05, 0.1) is 5.54 Å². The predicted octanol–water partition coefficient (Wildman–Crippen LogP) is 9.98. The number of rotatable bonds is 10. The van der Waals surface area contributed by atoms with Gasteiger partial charge in [0.15, 0.2) is 0 Å². The van der Waals surface area contributed by atoms with Gasteiger partial charge in [0.25, 0.3) is 0 Å². The summed E-state index contributed by atoms with van der Waals surface area (Å²) in [6.45, 7) is 14.1. The molecule has 1 aliphatic carbocycles. The summed E-state index contributed by atoms with van der Waals surface area (Å²) in [7, 11) is 0. The summed E-state index contributed by atoms with van der Waals surface area (Å²) in [6.07, 6.45) is 28.6. The first kappa shape index (κ1) is 31.5. The second kappa shape index (κ2) is 15.7. The number of aliphatic imine (C=N–C) groups is 1. The van der Waals surface area contributed by atoms with Crippen molar-refractivity contribution in [2.75, 3.05) is 6.54 Å². The maximum Gasteiger partial charge on any atom is 0.0563 e. The summed E-state index contributed by atoms with van der Waals surface area (Å²) in [5.74, 6) is 0.995. The molecule has 0 radical (unpaired) electrons. The van der Waals surface area contributed by atoms with E-state index in [4.69, 9.17) is 5.73 Å². The summed E-state index contributed by atoms with van der Waals surface area (Å²) >= 11 is 1.91. The molecule has 1 aromatic heterocycles. The molecule has 1 aromatic carbocycles. The monoisotopic (exact) mass is 552 g/mol. The molecule has 2 aromatic rings. The molecule has 0 saturated heterocycles. The van der Waals surface area contributed by atoms with Crippen molar-refractivity contribution in [3.05, 3.63) is 119 Å². The van der Waals surface area contributed by atoms with Crippen LogP contribution >= 0.6 is 11.3 Å². The fourth-order valence-corrected chi connectivity index (χ4v) is 6.03. The topological polar surface area (TPSA) is 38.4 Å². The van der Waals surface area contributed by atoms with Crippen LogP contribution in [0.2, 0.25) is 0 Å². The van der Waals surface area contributed by atoms with E-state index in [-0.39, 0.29) is 5.92 Å². The molecule has 1 aliphatic rings. The predicted molar refractivity (Wildman–Crippen MR) is 180 cm³/mol. The first-order chi connectivity index (χ1) is 19.3. The van der Waals surface area contributed by atoms with Crippen LogP contribution in [0.5, 0.6) is 0 Å². The number of nitrogens with two attached hydrogens (primary N) is 1. The Kier molecular flexibility index (Phi) is 12.4. The highest BCUT2D eigenvalue weighted by molar-refractivity contribution is 7.19. The van der Waals surface area contributed by atoms with Crippen LogP contribution in [-0.2, 0) is 6.42 Å². The molecule has 0 amide bonds. The van der Waals surface area contributed by atoms with Crippen molar-refractivity contribution >= 4 is 27.6 Å². The van der Waals surface area contributed by atoms with Crippen LogP contribution in [-0.4, -0.2) is 18.3 Å². The molecular formula is C37H48N2S. The van der Waals surface area contributed by atoms with Crippen molar-refractivity contribution in [2.45, 2.75) is 66.3 Å². The average molecular weight is 553 g/mol. The van der Waals surface area contributed by atoms with Crippen LogP contribution in [0.3, 0.4) is 0 Å². The van der Waals surface area contributed by atoms with E-state index in [2.05, 4.69) is 119 Å². The van der Waals surface area contributed by atoms with Crippen LogP contribution < -0.4 is 5.73 Å². The molecule has 4 unspecified atom stereocenters. The third-order valence-corrected chi connectivity index (χ3v) is 8.77. The van der Waals surface area contributed by atoms with E-state index >= 15 is 0 Å². The lowest BCUT2D eigenvalue weighted by atomic mass is 9.80. The number of thiophene rings is 1. The van der Waals surface area contributed by atoms with Gasteiger partial charge in [-0.3, -0.25) is 4.99 Å². The van der Waals surface area contributed by atoms with Gasteiger partial charge in [-0.2, -0.15) is 0 Å². The zero-order chi connectivity index (χ0) is 29.0. The summed E-state index contributed by atoms with van der Waals surface area (Å²) in [6, 6.07) is 11.1. The molecule has 3 rings (SSSR count). The van der Waals surface area contributed by atoms with E-state index in [9.17, 15) is 0 Å². The molecular weight excluding hydrogens is 504 g/mol. The van der Waals surface area contributed by atoms with Crippen LogP contribution in [0.4, 0.5) is 0 Å². The van der Waals surface area contributed by atoms with Gasteiger partial charge >= 0.3 is 0 Å². The fourth-order valence-electron chi connectivity index (χ4n) is 4.94. The molecule has 212 valence electrons. The van der Waals surface area contributed by atoms with E-state index in [1.807, 2.05) is 42.7 Å². The van der Waals surface area contributed by atoms with Gasteiger partial charge in [-0.1, -0.05) is 118 Å². The Bertz CT molecular complexity index is 1310. The number of hydrogen-bond donors (Lipinski definition) is 1. The molecule has 0 aliphatic heterocycles. The van der Waals surface area contributed by atoms with E-state index in [0.29, 0.717) is 11.8 Å². The minimum absolute atomic E-state index is 0.268. The number of allylic oxidation sites excluding steroid dienone is 10. The number of benzene rings is 1. The van der Waals surface area contributed by atoms with Crippen molar-refractivity contribution in [3.63, 3.8) is 0 Å². The fraction of sp³-hybridized carbons (Fsp3) is 0.378. The highest BCUT2D eigenvalue weighted by atomic mass is 32.1. The maximum atomic E-state index is 6.98. The zero-order valence-corrected chi connectivity index (χ0v) is 26.1. The molecule has 40 heavy (non-hydrogen) atoms. The Balaban J connectivity index is 1.90. The van der Waals surface area contributed by atoms with E-state index in [1.54, 1.807) is 0 Å². The number of hydrogen-bond acceptors (Lipinski definition) is 3. The van der Waals surface area contributed by atoms with Crippen LogP contribution in [0.25, 0.3) is 10.1 Å². The van der Waals surface area contributed by atoms with Crippen molar-refractivity contribution in [3.8, 4) is 0 Å². The van der Waals surface area contributed by atoms with Gasteiger partial charge in [0.1, 0.15) is 0 Å². The minimum Gasteiger partial charge on any atom is -0.318 e. The molecule has 0 saturated carbocycles. The first-order valence-electron chi connectivity index (χ1n) is 14.7. The number of fused-ring (bicyclic) bond motifs is 1. The smallest absolute Gasteiger partial charge is 0.0563 e. The second-order valence-electron chi connectivity index (χ2n) is 11.1. The van der Waals surface area contributed by atoms with Gasteiger partial charge in [-0.15, -0.1) is 11.3 Å². The minimum atomic E-state index is -0.557. The molecule has 2 N–H and O–H groups in total. The Morgan fingerprint density at radius 1 is 1.18 bits per heavy atom. The Hall–Kier alpha value is -3.01. The summed E-state index contributed by atoms with van der Waals surface area (Å²) in [5, 5.41) is 1.33. The van der Waals surface area contributed by atoms with Crippen LogP contribution in [0.15, 0.2) is 119 Å². The lowest BCUT2D eigenvalue weighted by Gasteiger charge is -2.27. The zero-order valence-electron chi connectivity index (χ0n) is 25.3. The molecule has 0 fully saturated rings. The maximum absolute atomic E-state index is 6.98. The molecule has 3 heteroatoms. The van der Waals surface area contributed by atoms with Gasteiger partial charge in [-0.05, 0) is 67.7 Å². The molecule has 4 atom stereocenters. The van der Waals surface area contributed by atoms with E-state index in [1.165, 1.54) is 31.7 Å². The number of nitrogens with zero attached hydrogens (tertiary/aromatic N) is 1. The SMILES string of the molecule is C/C=C\C=C/C(C)C/N=C\C=C\C1(N)/C=C/C(C)/C(Cc2cc3ccccc3s2)=C(/C=C\CC)C(C)/C(C)=C/C1. The Morgan fingerprint density at radius 2 is 1.98 bits per heavy atom. The Morgan fingerprint density at radius 3 is 2.73 bits per heavy atom. The molecule has 0 spiro atoms. The lowest BCUT2D eigenvalue weighted by molar-refractivity contribution is 0.639. The standard InChI is InChI=1S/C37H48N2S/c1-7-9-11-15-28(3)27-39-24-14-21-37(38)22-19-29(4)31(6)34(17-10-8-2)35(30(5)20-23-37)26-33-25-32-16-12-13-18-36(32)40-33/h7,9-21,23-25,28,30-31H,8,22,26-27,38H2,1-6H3/b9-7-,15-11-,17-10-,21-14+,23-20+,29-19+,35-34-,39-24-. The average Bonchev–Trinajstić information content (AvgIpc) is 3.36. The lowest BCUT2D eigenvalue weighted by Crippen LogP contribution is -2.35. The van der Waals surface area contributed by atoms with Gasteiger partial charge < -0.3 is 5.73 Å². The van der Waals surface area contributed by atoms with Gasteiger partial charge in [0.2, 0.25) is 0 Å². The largest absolute Gasteiger partial charge is 0.318 e. The highest BCUT2D eigenvalue weighted by Gasteiger charge is 2.23. The van der Waals surface area contributed by atoms with Crippen molar-refractivity contribution < 1.29 is 0 Å². The van der Waals surface area contributed by atoms with Crippen molar-refractivity contribution in [1.29, 1.82) is 0 Å².